The fourth-order valence-corrected chi connectivity index (χ4v) is 2.46. The van der Waals surface area contributed by atoms with E-state index < -0.39 is 0 Å². The van der Waals surface area contributed by atoms with Crippen LogP contribution in [0.3, 0.4) is 0 Å². The van der Waals surface area contributed by atoms with Gasteiger partial charge < -0.3 is 5.32 Å². The molecule has 19 heavy (non-hydrogen) atoms. The van der Waals surface area contributed by atoms with Gasteiger partial charge in [0.25, 0.3) is 5.69 Å². The predicted molar refractivity (Wildman–Crippen MR) is 75.4 cm³/mol. The summed E-state index contributed by atoms with van der Waals surface area (Å²) in [5.74, 6) is 0. The number of nitrogens with one attached hydrogen (secondary N) is 1. The fourth-order valence-electron chi connectivity index (χ4n) is 1.71. The topological polar surface area (TPSA) is 68.1 Å². The van der Waals surface area contributed by atoms with Gasteiger partial charge in [-0.2, -0.15) is 0 Å². The molecule has 1 N–H and O–H groups in total. The van der Waals surface area contributed by atoms with Gasteiger partial charge in [-0.25, -0.2) is 4.98 Å². The summed E-state index contributed by atoms with van der Waals surface area (Å²) in [4.78, 5) is 15.6. The minimum Gasteiger partial charge on any atom is -0.311 e. The molecule has 0 aliphatic carbocycles. The molecule has 6 heteroatoms. The average molecular weight is 277 g/mol. The Morgan fingerprint density at radius 3 is 2.68 bits per heavy atom. The molecule has 1 heterocycles. The molecule has 1 aromatic heterocycles. The van der Waals surface area contributed by atoms with Gasteiger partial charge in [-0.05, 0) is 25.5 Å². The third-order valence-corrected chi connectivity index (χ3v) is 3.80. The van der Waals surface area contributed by atoms with Crippen LogP contribution in [0, 0.1) is 17.0 Å². The van der Waals surface area contributed by atoms with Gasteiger partial charge in [-0.15, -0.1) is 11.3 Å². The number of nitro benzene ring substituents is 1. The maximum Gasteiger partial charge on any atom is 0.269 e. The normalized spacial score (nSPS) is 10.6. The second-order valence-corrected chi connectivity index (χ2v) is 5.15. The van der Waals surface area contributed by atoms with Crippen molar-refractivity contribution in [1.82, 2.24) is 10.3 Å². The molecule has 2 aromatic rings. The summed E-state index contributed by atoms with van der Waals surface area (Å²) in [6, 6.07) is 6.70. The van der Waals surface area contributed by atoms with Crippen LogP contribution in [0.15, 0.2) is 29.8 Å². The van der Waals surface area contributed by atoms with E-state index in [9.17, 15) is 10.1 Å². The molecule has 100 valence electrons. The first-order chi connectivity index (χ1) is 9.16. The quantitative estimate of drug-likeness (QED) is 0.501. The predicted octanol–water partition coefficient (Wildman–Crippen LogP) is 2.69. The first-order valence-electron chi connectivity index (χ1n) is 6.00. The van der Waals surface area contributed by atoms with E-state index in [4.69, 9.17) is 0 Å². The van der Waals surface area contributed by atoms with Crippen LogP contribution in [-0.4, -0.2) is 16.5 Å². The molecular formula is C13H15N3O2S. The molecule has 0 saturated heterocycles. The summed E-state index contributed by atoms with van der Waals surface area (Å²) in [5.41, 5.74) is 4.16. The van der Waals surface area contributed by atoms with Crippen LogP contribution in [0.2, 0.25) is 0 Å². The zero-order valence-corrected chi connectivity index (χ0v) is 11.4. The highest BCUT2D eigenvalue weighted by Crippen LogP contribution is 2.13. The lowest BCUT2D eigenvalue weighted by atomic mass is 10.1. The maximum absolute atomic E-state index is 10.5. The smallest absolute Gasteiger partial charge is 0.269 e. The molecule has 0 unspecified atom stereocenters. The van der Waals surface area contributed by atoms with E-state index >= 15 is 0 Å². The van der Waals surface area contributed by atoms with E-state index in [1.54, 1.807) is 35.6 Å². The van der Waals surface area contributed by atoms with Crippen LogP contribution in [0.1, 0.15) is 16.1 Å². The molecular weight excluding hydrogens is 262 g/mol. The van der Waals surface area contributed by atoms with Crippen LogP contribution in [-0.2, 0) is 13.0 Å². The summed E-state index contributed by atoms with van der Waals surface area (Å²) in [7, 11) is 0. The Kier molecular flexibility index (Phi) is 4.59. The monoisotopic (exact) mass is 277 g/mol. The Bertz CT molecular complexity index is 551. The SMILES string of the molecule is Cc1ncsc1CNCCc1ccc([N+](=O)[O-])cc1. The molecule has 0 aliphatic heterocycles. The maximum atomic E-state index is 10.5. The van der Waals surface area contributed by atoms with E-state index in [0.717, 1.165) is 30.8 Å². The molecule has 1 aromatic carbocycles. The molecule has 2 rings (SSSR count). The molecule has 0 spiro atoms. The van der Waals surface area contributed by atoms with Crippen LogP contribution in [0.25, 0.3) is 0 Å². The second-order valence-electron chi connectivity index (χ2n) is 4.21. The average Bonchev–Trinajstić information content (AvgIpc) is 2.81. The highest BCUT2D eigenvalue weighted by atomic mass is 32.1. The Morgan fingerprint density at radius 1 is 1.37 bits per heavy atom. The highest BCUT2D eigenvalue weighted by molar-refractivity contribution is 7.09. The molecule has 0 fully saturated rings. The largest absolute Gasteiger partial charge is 0.311 e. The molecule has 0 saturated carbocycles. The minimum atomic E-state index is -0.380. The number of benzene rings is 1. The van der Waals surface area contributed by atoms with E-state index in [0.29, 0.717) is 0 Å². The lowest BCUT2D eigenvalue weighted by molar-refractivity contribution is -0.384. The van der Waals surface area contributed by atoms with Gasteiger partial charge >= 0.3 is 0 Å². The Morgan fingerprint density at radius 2 is 2.11 bits per heavy atom. The van der Waals surface area contributed by atoms with Gasteiger partial charge in [0.2, 0.25) is 0 Å². The summed E-state index contributed by atoms with van der Waals surface area (Å²) in [6.07, 6.45) is 0.857. The van der Waals surface area contributed by atoms with Crippen LogP contribution >= 0.6 is 11.3 Å². The van der Waals surface area contributed by atoms with Gasteiger partial charge in [-0.1, -0.05) is 12.1 Å². The van der Waals surface area contributed by atoms with E-state index in [2.05, 4.69) is 10.3 Å². The standard InChI is InChI=1S/C13H15N3O2S/c1-10-13(19-9-15-10)8-14-7-6-11-2-4-12(5-3-11)16(17)18/h2-5,9,14H,6-8H2,1H3. The summed E-state index contributed by atoms with van der Waals surface area (Å²) < 4.78 is 0. The molecule has 0 radical (unpaired) electrons. The Labute approximate surface area is 115 Å². The number of hydrogen-bond donors (Lipinski definition) is 1. The number of non-ortho nitro benzene ring substituents is 1. The van der Waals surface area contributed by atoms with Crippen LogP contribution in [0.4, 0.5) is 5.69 Å². The van der Waals surface area contributed by atoms with Crippen molar-refractivity contribution in [2.24, 2.45) is 0 Å². The van der Waals surface area contributed by atoms with Crippen molar-refractivity contribution in [2.45, 2.75) is 19.9 Å². The summed E-state index contributed by atoms with van der Waals surface area (Å²) >= 11 is 1.65. The number of nitrogens with zero attached hydrogens (tertiary/aromatic N) is 2. The van der Waals surface area contributed by atoms with Crippen molar-refractivity contribution in [2.75, 3.05) is 6.54 Å². The third kappa shape index (κ3) is 3.84. The fraction of sp³-hybridized carbons (Fsp3) is 0.308. The number of rotatable bonds is 6. The van der Waals surface area contributed by atoms with E-state index in [1.165, 1.54) is 4.88 Å². The molecule has 0 atom stereocenters. The molecule has 0 amide bonds. The highest BCUT2D eigenvalue weighted by Gasteiger charge is 2.04. The van der Waals surface area contributed by atoms with E-state index in [1.807, 2.05) is 12.4 Å². The first kappa shape index (κ1) is 13.6. The lowest BCUT2D eigenvalue weighted by Crippen LogP contribution is -2.16. The van der Waals surface area contributed by atoms with Crippen molar-refractivity contribution in [3.63, 3.8) is 0 Å². The number of thiazole rings is 1. The molecule has 0 aliphatic rings. The van der Waals surface area contributed by atoms with Gasteiger partial charge in [0.05, 0.1) is 16.1 Å². The molecule has 5 nitrogen and oxygen atoms in total. The van der Waals surface area contributed by atoms with E-state index in [-0.39, 0.29) is 10.6 Å². The first-order valence-corrected chi connectivity index (χ1v) is 6.88. The van der Waals surface area contributed by atoms with Crippen molar-refractivity contribution < 1.29 is 4.92 Å². The van der Waals surface area contributed by atoms with Crippen LogP contribution < -0.4 is 5.32 Å². The minimum absolute atomic E-state index is 0.136. The van der Waals surface area contributed by atoms with Gasteiger partial charge in [0, 0.05) is 23.6 Å². The summed E-state index contributed by atoms with van der Waals surface area (Å²) in [5, 5.41) is 13.9. The van der Waals surface area contributed by atoms with Crippen LogP contribution in [0.5, 0.6) is 0 Å². The Balaban J connectivity index is 1.76. The van der Waals surface area contributed by atoms with Crippen molar-refractivity contribution in [3.05, 3.63) is 56.0 Å². The van der Waals surface area contributed by atoms with Gasteiger partial charge in [-0.3, -0.25) is 10.1 Å². The summed E-state index contributed by atoms with van der Waals surface area (Å²) in [6.45, 7) is 3.67. The Hall–Kier alpha value is -1.79. The van der Waals surface area contributed by atoms with Gasteiger partial charge in [0.15, 0.2) is 0 Å². The van der Waals surface area contributed by atoms with Crippen molar-refractivity contribution >= 4 is 17.0 Å². The van der Waals surface area contributed by atoms with Crippen molar-refractivity contribution in [3.8, 4) is 0 Å². The molecule has 0 bridgehead atoms. The number of nitro groups is 1. The third-order valence-electron chi connectivity index (χ3n) is 2.87. The number of aromatic nitrogens is 1. The lowest BCUT2D eigenvalue weighted by Gasteiger charge is -2.04. The zero-order chi connectivity index (χ0) is 13.7. The number of hydrogen-bond acceptors (Lipinski definition) is 5. The van der Waals surface area contributed by atoms with Gasteiger partial charge in [0.1, 0.15) is 0 Å². The second kappa shape index (κ2) is 6.40. The number of aryl methyl sites for hydroxylation is 1. The zero-order valence-electron chi connectivity index (χ0n) is 10.6. The van der Waals surface area contributed by atoms with Crippen molar-refractivity contribution in [1.29, 1.82) is 0 Å².